The minimum Gasteiger partial charge on any atom is -0.390 e. The number of halogens is 2. The number of amides is 1. The van der Waals surface area contributed by atoms with Crippen molar-refractivity contribution in [2.24, 2.45) is 0 Å². The molecule has 1 aromatic rings. The zero-order chi connectivity index (χ0) is 13.6. The van der Waals surface area contributed by atoms with E-state index in [1.165, 1.54) is 0 Å². The Morgan fingerprint density at radius 1 is 1.33 bits per heavy atom. The van der Waals surface area contributed by atoms with Gasteiger partial charge < -0.3 is 15.7 Å². The Labute approximate surface area is 104 Å². The highest BCUT2D eigenvalue weighted by Gasteiger charge is 2.27. The zero-order valence-corrected chi connectivity index (χ0v) is 10.0. The van der Waals surface area contributed by atoms with Crippen molar-refractivity contribution in [2.45, 2.75) is 12.8 Å². The average molecular weight is 258 g/mol. The quantitative estimate of drug-likeness (QED) is 0.717. The topological polar surface area (TPSA) is 61.4 Å². The minimum absolute atomic E-state index is 0.233. The van der Waals surface area contributed by atoms with Gasteiger partial charge in [0.15, 0.2) is 0 Å². The van der Waals surface area contributed by atoms with Gasteiger partial charge in [-0.2, -0.15) is 0 Å². The van der Waals surface area contributed by atoms with Crippen LogP contribution >= 0.6 is 0 Å². The highest BCUT2D eigenvalue weighted by Crippen LogP contribution is 2.10. The van der Waals surface area contributed by atoms with Crippen LogP contribution in [-0.4, -0.2) is 36.6 Å². The highest BCUT2D eigenvalue weighted by atomic mass is 19.3. The summed E-state index contributed by atoms with van der Waals surface area (Å²) >= 11 is 0. The lowest BCUT2D eigenvalue weighted by molar-refractivity contribution is -0.115. The Balaban J connectivity index is 2.32. The van der Waals surface area contributed by atoms with Gasteiger partial charge in [-0.25, -0.2) is 8.78 Å². The van der Waals surface area contributed by atoms with Crippen LogP contribution in [0.3, 0.4) is 0 Å². The first-order chi connectivity index (χ1) is 8.43. The summed E-state index contributed by atoms with van der Waals surface area (Å²) in [7, 11) is 0. The monoisotopic (exact) mass is 258 g/mol. The molecule has 0 aliphatic carbocycles. The van der Waals surface area contributed by atoms with Crippen LogP contribution in [0.4, 0.5) is 14.5 Å². The molecular weight excluding hydrogens is 242 g/mol. The lowest BCUT2D eigenvalue weighted by Gasteiger charge is -2.13. The number of hydrogen-bond acceptors (Lipinski definition) is 3. The van der Waals surface area contributed by atoms with E-state index in [9.17, 15) is 13.6 Å². The predicted molar refractivity (Wildman–Crippen MR) is 64.7 cm³/mol. The maximum absolute atomic E-state index is 12.6. The second kappa shape index (κ2) is 6.42. The lowest BCUT2D eigenvalue weighted by Crippen LogP contribution is -2.39. The first-order valence-corrected chi connectivity index (χ1v) is 5.49. The maximum atomic E-state index is 12.6. The van der Waals surface area contributed by atoms with Crippen LogP contribution in [0.25, 0.3) is 0 Å². The third-order valence-corrected chi connectivity index (χ3v) is 2.24. The number of benzene rings is 1. The number of anilines is 1. The van der Waals surface area contributed by atoms with E-state index in [4.69, 9.17) is 5.11 Å². The summed E-state index contributed by atoms with van der Waals surface area (Å²) in [4.78, 5) is 11.4. The van der Waals surface area contributed by atoms with E-state index in [-0.39, 0.29) is 6.54 Å². The summed E-state index contributed by atoms with van der Waals surface area (Å²) < 4.78 is 25.3. The summed E-state index contributed by atoms with van der Waals surface area (Å²) in [5, 5.41) is 13.2. The van der Waals surface area contributed by atoms with Gasteiger partial charge in [0.05, 0.1) is 13.1 Å². The Morgan fingerprint density at radius 2 is 1.94 bits per heavy atom. The molecule has 0 unspecified atom stereocenters. The molecule has 0 fully saturated rings. The number of rotatable bonds is 6. The summed E-state index contributed by atoms with van der Waals surface area (Å²) in [6.45, 7) is -0.280. The number of carbonyl (C=O) groups excluding carboxylic acids is 1. The van der Waals surface area contributed by atoms with Crippen LogP contribution in [0.2, 0.25) is 0 Å². The van der Waals surface area contributed by atoms with Gasteiger partial charge >= 0.3 is 0 Å². The second-order valence-electron chi connectivity index (χ2n) is 4.03. The van der Waals surface area contributed by atoms with Crippen LogP contribution in [0.1, 0.15) is 5.56 Å². The molecule has 4 nitrogen and oxygen atoms in total. The Bertz CT molecular complexity index is 394. The fourth-order valence-corrected chi connectivity index (χ4v) is 1.26. The average Bonchev–Trinajstić information content (AvgIpc) is 2.32. The van der Waals surface area contributed by atoms with Crippen molar-refractivity contribution in [3.05, 3.63) is 29.8 Å². The number of aliphatic hydroxyl groups is 1. The molecule has 0 radical (unpaired) electrons. The van der Waals surface area contributed by atoms with E-state index in [1.807, 2.05) is 19.1 Å². The van der Waals surface area contributed by atoms with Gasteiger partial charge in [0.1, 0.15) is 6.61 Å². The summed E-state index contributed by atoms with van der Waals surface area (Å²) in [6.07, 6.45) is 0. The molecule has 6 heteroatoms. The largest absolute Gasteiger partial charge is 0.390 e. The van der Waals surface area contributed by atoms with Gasteiger partial charge in [-0.1, -0.05) is 17.7 Å². The molecule has 0 aliphatic rings. The van der Waals surface area contributed by atoms with Crippen molar-refractivity contribution in [3.8, 4) is 0 Å². The van der Waals surface area contributed by atoms with Gasteiger partial charge in [-0.05, 0) is 19.1 Å². The highest BCUT2D eigenvalue weighted by molar-refractivity contribution is 5.92. The van der Waals surface area contributed by atoms with Crippen molar-refractivity contribution >= 4 is 11.6 Å². The first-order valence-electron chi connectivity index (χ1n) is 5.49. The minimum atomic E-state index is -3.20. The second-order valence-corrected chi connectivity index (χ2v) is 4.03. The molecule has 3 N–H and O–H groups in total. The third kappa shape index (κ3) is 5.20. The predicted octanol–water partition coefficient (Wildman–Crippen LogP) is 1.15. The van der Waals surface area contributed by atoms with Crippen LogP contribution in [0.5, 0.6) is 0 Å². The molecule has 0 heterocycles. The molecule has 0 atom stereocenters. The molecule has 0 saturated carbocycles. The van der Waals surface area contributed by atoms with Crippen molar-refractivity contribution in [3.63, 3.8) is 0 Å². The number of aryl methyl sites for hydroxylation is 1. The van der Waals surface area contributed by atoms with Crippen molar-refractivity contribution in [1.29, 1.82) is 0 Å². The molecular formula is C12H16F2N2O2. The summed E-state index contributed by atoms with van der Waals surface area (Å²) in [5.74, 6) is -3.61. The summed E-state index contributed by atoms with van der Waals surface area (Å²) in [6, 6.07) is 7.14. The number of nitrogens with one attached hydrogen (secondary N) is 2. The van der Waals surface area contributed by atoms with Crippen molar-refractivity contribution in [1.82, 2.24) is 5.32 Å². The van der Waals surface area contributed by atoms with E-state index in [0.29, 0.717) is 5.69 Å². The Morgan fingerprint density at radius 3 is 2.50 bits per heavy atom. The van der Waals surface area contributed by atoms with Gasteiger partial charge in [-0.3, -0.25) is 4.79 Å². The third-order valence-electron chi connectivity index (χ3n) is 2.24. The smallest absolute Gasteiger partial charge is 0.282 e. The molecule has 0 aliphatic heterocycles. The SMILES string of the molecule is Cc1ccc(NC(=O)CNCC(F)(F)CO)cc1. The van der Waals surface area contributed by atoms with Crippen LogP contribution in [-0.2, 0) is 4.79 Å². The molecule has 18 heavy (non-hydrogen) atoms. The number of carbonyl (C=O) groups is 1. The Kier molecular flexibility index (Phi) is 5.18. The number of aliphatic hydroxyl groups excluding tert-OH is 1. The normalized spacial score (nSPS) is 11.3. The first kappa shape index (κ1) is 14.5. The maximum Gasteiger partial charge on any atom is 0.282 e. The van der Waals surface area contributed by atoms with E-state index in [2.05, 4.69) is 10.6 Å². The van der Waals surface area contributed by atoms with E-state index < -0.39 is 25.0 Å². The molecule has 0 saturated heterocycles. The van der Waals surface area contributed by atoms with E-state index in [1.54, 1.807) is 12.1 Å². The van der Waals surface area contributed by atoms with Gasteiger partial charge in [-0.15, -0.1) is 0 Å². The standard InChI is InChI=1S/C12H16F2N2O2/c1-9-2-4-10(5-3-9)16-11(18)6-15-7-12(13,14)8-17/h2-5,15,17H,6-8H2,1H3,(H,16,18). The fourth-order valence-electron chi connectivity index (χ4n) is 1.26. The molecule has 1 aromatic carbocycles. The van der Waals surface area contributed by atoms with Crippen LogP contribution < -0.4 is 10.6 Å². The molecule has 0 spiro atoms. The van der Waals surface area contributed by atoms with Crippen LogP contribution in [0, 0.1) is 6.92 Å². The van der Waals surface area contributed by atoms with Gasteiger partial charge in [0.25, 0.3) is 5.92 Å². The van der Waals surface area contributed by atoms with Crippen LogP contribution in [0.15, 0.2) is 24.3 Å². The Hall–Kier alpha value is -1.53. The van der Waals surface area contributed by atoms with Gasteiger partial charge in [0.2, 0.25) is 5.91 Å². The lowest BCUT2D eigenvalue weighted by atomic mass is 10.2. The van der Waals surface area contributed by atoms with E-state index in [0.717, 1.165) is 5.56 Å². The van der Waals surface area contributed by atoms with Crippen molar-refractivity contribution < 1.29 is 18.7 Å². The van der Waals surface area contributed by atoms with Gasteiger partial charge in [0, 0.05) is 5.69 Å². The van der Waals surface area contributed by atoms with Crippen molar-refractivity contribution in [2.75, 3.05) is 25.0 Å². The van der Waals surface area contributed by atoms with E-state index >= 15 is 0 Å². The molecule has 100 valence electrons. The zero-order valence-electron chi connectivity index (χ0n) is 10.0. The molecule has 0 aromatic heterocycles. The molecule has 0 bridgehead atoms. The molecule has 1 amide bonds. The number of hydrogen-bond donors (Lipinski definition) is 3. The summed E-state index contributed by atoms with van der Waals surface area (Å²) in [5.41, 5.74) is 1.68. The fraction of sp³-hybridized carbons (Fsp3) is 0.417. The molecule has 1 rings (SSSR count). The number of alkyl halides is 2.